The van der Waals surface area contributed by atoms with Crippen molar-refractivity contribution < 1.29 is 9.53 Å². The number of rotatable bonds is 3. The van der Waals surface area contributed by atoms with Gasteiger partial charge in [-0.15, -0.1) is 6.42 Å². The van der Waals surface area contributed by atoms with Crippen LogP contribution in [0.3, 0.4) is 0 Å². The number of benzene rings is 3. The van der Waals surface area contributed by atoms with E-state index in [0.29, 0.717) is 12.2 Å². The molecule has 0 spiro atoms. The van der Waals surface area contributed by atoms with Crippen LogP contribution in [-0.2, 0) is 6.42 Å². The molecule has 2 nitrogen and oxygen atoms in total. The number of fused-ring (bicyclic) bond motifs is 2. The van der Waals surface area contributed by atoms with Crippen LogP contribution in [0, 0.1) is 12.3 Å². The highest BCUT2D eigenvalue weighted by Gasteiger charge is 2.24. The van der Waals surface area contributed by atoms with Crippen molar-refractivity contribution in [2.45, 2.75) is 6.42 Å². The second kappa shape index (κ2) is 6.30. The number of ether oxygens (including phenoxy) is 1. The van der Waals surface area contributed by atoms with Crippen LogP contribution in [-0.4, -0.2) is 12.4 Å². The Morgan fingerprint density at radius 1 is 1.04 bits per heavy atom. The number of allylic oxidation sites excluding steroid dienone is 1. The fraction of sp³-hybridized carbons (Fsp3) is 0.0870. The van der Waals surface area contributed by atoms with E-state index in [2.05, 4.69) is 5.92 Å². The first kappa shape index (κ1) is 15.2. The van der Waals surface area contributed by atoms with Gasteiger partial charge >= 0.3 is 0 Å². The lowest BCUT2D eigenvalue weighted by molar-refractivity contribution is 0.104. The predicted octanol–water partition coefficient (Wildman–Crippen LogP) is 4.67. The lowest BCUT2D eigenvalue weighted by atomic mass is 10.00. The van der Waals surface area contributed by atoms with Crippen molar-refractivity contribution in [3.8, 4) is 18.1 Å². The molecule has 0 atom stereocenters. The summed E-state index contributed by atoms with van der Waals surface area (Å²) in [6.07, 6.45) is 7.94. The summed E-state index contributed by atoms with van der Waals surface area (Å²) in [5, 5.41) is 2.15. The van der Waals surface area contributed by atoms with Gasteiger partial charge in [0.15, 0.2) is 5.78 Å². The Kier molecular flexibility index (Phi) is 3.84. The second-order valence-corrected chi connectivity index (χ2v) is 6.02. The van der Waals surface area contributed by atoms with Crippen LogP contribution in [0.4, 0.5) is 0 Å². The highest BCUT2D eigenvalue weighted by atomic mass is 16.5. The average Bonchev–Trinajstić information content (AvgIpc) is 2.97. The summed E-state index contributed by atoms with van der Waals surface area (Å²) < 4.78 is 5.73. The number of Topliss-reactive ketones (excluding diaryl/α,β-unsaturated/α-hetero) is 1. The first-order valence-corrected chi connectivity index (χ1v) is 8.19. The Morgan fingerprint density at radius 2 is 1.84 bits per heavy atom. The standard InChI is InChI=1S/C23H16O2/c1-2-13-25-22-12-11-16-7-3-5-9-19(16)21(22)15-18-14-17-8-4-6-10-20(17)23(18)24/h1,3-12,15H,13-14H2/b18-15+. The molecule has 3 aromatic carbocycles. The van der Waals surface area contributed by atoms with Crippen LogP contribution in [0.2, 0.25) is 0 Å². The fourth-order valence-corrected chi connectivity index (χ4v) is 3.31. The predicted molar refractivity (Wildman–Crippen MR) is 101 cm³/mol. The van der Waals surface area contributed by atoms with E-state index in [0.717, 1.165) is 33.0 Å². The van der Waals surface area contributed by atoms with Crippen molar-refractivity contribution in [1.29, 1.82) is 0 Å². The molecule has 1 aliphatic carbocycles. The van der Waals surface area contributed by atoms with E-state index in [1.54, 1.807) is 0 Å². The summed E-state index contributed by atoms with van der Waals surface area (Å²) in [5.41, 5.74) is 3.55. The topological polar surface area (TPSA) is 26.3 Å². The van der Waals surface area contributed by atoms with Crippen molar-refractivity contribution in [3.05, 3.63) is 82.9 Å². The van der Waals surface area contributed by atoms with E-state index < -0.39 is 0 Å². The molecule has 0 unspecified atom stereocenters. The Morgan fingerprint density at radius 3 is 2.68 bits per heavy atom. The minimum absolute atomic E-state index is 0.0893. The molecule has 0 amide bonds. The minimum Gasteiger partial charge on any atom is -0.480 e. The maximum atomic E-state index is 12.7. The van der Waals surface area contributed by atoms with Gasteiger partial charge < -0.3 is 4.74 Å². The van der Waals surface area contributed by atoms with Crippen molar-refractivity contribution in [2.75, 3.05) is 6.61 Å². The number of terminal acetylenes is 1. The zero-order valence-electron chi connectivity index (χ0n) is 13.7. The molecular formula is C23H16O2. The van der Waals surface area contributed by atoms with Crippen molar-refractivity contribution >= 4 is 22.6 Å². The molecule has 0 N–H and O–H groups in total. The minimum atomic E-state index is 0.0893. The van der Waals surface area contributed by atoms with Crippen LogP contribution in [0.15, 0.2) is 66.2 Å². The number of carbonyl (C=O) groups is 1. The molecule has 25 heavy (non-hydrogen) atoms. The van der Waals surface area contributed by atoms with E-state index in [4.69, 9.17) is 11.2 Å². The largest absolute Gasteiger partial charge is 0.480 e. The third kappa shape index (κ3) is 2.70. The smallest absolute Gasteiger partial charge is 0.189 e. The zero-order chi connectivity index (χ0) is 17.2. The highest BCUT2D eigenvalue weighted by molar-refractivity contribution is 6.16. The Bertz CT molecular complexity index is 1050. The maximum Gasteiger partial charge on any atom is 0.189 e. The van der Waals surface area contributed by atoms with Gasteiger partial charge in [0.25, 0.3) is 0 Å². The monoisotopic (exact) mass is 324 g/mol. The number of ketones is 1. The lowest BCUT2D eigenvalue weighted by Crippen LogP contribution is -1.99. The normalized spacial score (nSPS) is 14.5. The third-order valence-electron chi connectivity index (χ3n) is 4.49. The summed E-state index contributed by atoms with van der Waals surface area (Å²) in [6, 6.07) is 19.8. The van der Waals surface area contributed by atoms with E-state index in [1.165, 1.54) is 0 Å². The fourth-order valence-electron chi connectivity index (χ4n) is 3.31. The maximum absolute atomic E-state index is 12.7. The molecule has 0 fully saturated rings. The first-order valence-electron chi connectivity index (χ1n) is 8.19. The SMILES string of the molecule is C#CCOc1ccc2ccccc2c1/C=C1\Cc2ccccc2C1=O. The molecule has 0 bridgehead atoms. The number of hydrogen-bond donors (Lipinski definition) is 0. The molecule has 0 aromatic heterocycles. The zero-order valence-corrected chi connectivity index (χ0v) is 13.7. The Balaban J connectivity index is 1.86. The van der Waals surface area contributed by atoms with Gasteiger partial charge in [0, 0.05) is 23.1 Å². The molecule has 0 saturated carbocycles. The van der Waals surface area contributed by atoms with Crippen LogP contribution >= 0.6 is 0 Å². The highest BCUT2D eigenvalue weighted by Crippen LogP contribution is 2.34. The molecule has 0 aliphatic heterocycles. The molecule has 0 heterocycles. The van der Waals surface area contributed by atoms with Gasteiger partial charge in [0.05, 0.1) is 0 Å². The van der Waals surface area contributed by atoms with Crippen molar-refractivity contribution in [2.24, 2.45) is 0 Å². The van der Waals surface area contributed by atoms with Gasteiger partial charge in [-0.25, -0.2) is 0 Å². The van der Waals surface area contributed by atoms with E-state index in [9.17, 15) is 4.79 Å². The summed E-state index contributed by atoms with van der Waals surface area (Å²) in [4.78, 5) is 12.7. The summed E-state index contributed by atoms with van der Waals surface area (Å²) >= 11 is 0. The van der Waals surface area contributed by atoms with Gasteiger partial charge in [-0.3, -0.25) is 4.79 Å². The molecule has 120 valence electrons. The second-order valence-electron chi connectivity index (χ2n) is 6.02. The Labute approximate surface area is 146 Å². The molecule has 3 aromatic rings. The Hall–Kier alpha value is -3.31. The molecule has 0 radical (unpaired) electrons. The molecule has 1 aliphatic rings. The van der Waals surface area contributed by atoms with Gasteiger partial charge in [-0.1, -0.05) is 60.5 Å². The van der Waals surface area contributed by atoms with Gasteiger partial charge in [-0.2, -0.15) is 0 Å². The van der Waals surface area contributed by atoms with Gasteiger partial charge in [0.1, 0.15) is 12.4 Å². The number of carbonyl (C=O) groups excluding carboxylic acids is 1. The summed E-state index contributed by atoms with van der Waals surface area (Å²) in [5.74, 6) is 3.29. The van der Waals surface area contributed by atoms with Crippen molar-refractivity contribution in [3.63, 3.8) is 0 Å². The van der Waals surface area contributed by atoms with Crippen LogP contribution in [0.5, 0.6) is 5.75 Å². The van der Waals surface area contributed by atoms with Gasteiger partial charge in [-0.05, 0) is 28.5 Å². The average molecular weight is 324 g/mol. The summed E-state index contributed by atoms with van der Waals surface area (Å²) in [7, 11) is 0. The quantitative estimate of drug-likeness (QED) is 0.517. The third-order valence-corrected chi connectivity index (χ3v) is 4.49. The van der Waals surface area contributed by atoms with Crippen LogP contribution < -0.4 is 4.74 Å². The van der Waals surface area contributed by atoms with E-state index in [-0.39, 0.29) is 12.4 Å². The van der Waals surface area contributed by atoms with Crippen LogP contribution in [0.25, 0.3) is 16.8 Å². The van der Waals surface area contributed by atoms with Crippen molar-refractivity contribution in [1.82, 2.24) is 0 Å². The molecule has 4 rings (SSSR count). The van der Waals surface area contributed by atoms with Crippen LogP contribution in [0.1, 0.15) is 21.5 Å². The number of hydrogen-bond acceptors (Lipinski definition) is 2. The molecule has 2 heteroatoms. The lowest BCUT2D eigenvalue weighted by Gasteiger charge is -2.11. The molecular weight excluding hydrogens is 308 g/mol. The van der Waals surface area contributed by atoms with E-state index >= 15 is 0 Å². The summed E-state index contributed by atoms with van der Waals surface area (Å²) in [6.45, 7) is 0.197. The molecule has 0 saturated heterocycles. The van der Waals surface area contributed by atoms with Gasteiger partial charge in [0.2, 0.25) is 0 Å². The van der Waals surface area contributed by atoms with E-state index in [1.807, 2.05) is 66.7 Å². The first-order chi connectivity index (χ1) is 12.3.